The van der Waals surface area contributed by atoms with Gasteiger partial charge < -0.3 is 0 Å². The largest absolute Gasteiger partial charge is 0.228 e. The molecule has 53 heavy (non-hydrogen) atoms. The second kappa shape index (κ2) is 12.4. The molecule has 0 amide bonds. The highest BCUT2D eigenvalue weighted by molar-refractivity contribution is 6.07. The van der Waals surface area contributed by atoms with Gasteiger partial charge in [-0.05, 0) is 79.6 Å². The minimum absolute atomic E-state index is 0.151. The Morgan fingerprint density at radius 1 is 0.491 bits per heavy atom. The summed E-state index contributed by atoms with van der Waals surface area (Å²) in [6.45, 7) is 4.81. The average Bonchev–Trinajstić information content (AvgIpc) is 3.45. The fraction of sp³-hybridized carbons (Fsp3) is 0.0980. The number of hydrogen-bond donors (Lipinski definition) is 0. The van der Waals surface area contributed by atoms with Crippen molar-refractivity contribution in [3.05, 3.63) is 204 Å². The fourth-order valence-corrected chi connectivity index (χ4v) is 8.69. The average molecular weight is 679 g/mol. The summed E-state index contributed by atoms with van der Waals surface area (Å²) in [5.41, 5.74) is 15.5. The molecule has 0 fully saturated rings. The molecular weight excluding hydrogens is 641 g/mol. The molecule has 2 nitrogen and oxygen atoms in total. The second-order valence-corrected chi connectivity index (χ2v) is 15.0. The van der Waals surface area contributed by atoms with E-state index in [1.165, 1.54) is 55.3 Å². The van der Waals surface area contributed by atoms with Gasteiger partial charge in [0.25, 0.3) is 0 Å². The zero-order valence-corrected chi connectivity index (χ0v) is 29.9. The van der Waals surface area contributed by atoms with E-state index in [2.05, 4.69) is 172 Å². The zero-order chi connectivity index (χ0) is 35.5. The van der Waals surface area contributed by atoms with Crippen molar-refractivity contribution in [2.75, 3.05) is 0 Å². The Bertz CT molecular complexity index is 2630. The van der Waals surface area contributed by atoms with Gasteiger partial charge >= 0.3 is 0 Å². The number of rotatable bonds is 5. The van der Waals surface area contributed by atoms with Crippen LogP contribution in [0.25, 0.3) is 66.9 Å². The Kier molecular flexibility index (Phi) is 7.33. The van der Waals surface area contributed by atoms with Gasteiger partial charge in [-0.25, -0.2) is 9.97 Å². The van der Waals surface area contributed by atoms with Crippen LogP contribution in [-0.2, 0) is 5.41 Å². The predicted octanol–water partition coefficient (Wildman–Crippen LogP) is 12.8. The number of allylic oxidation sites excluding steroid dienone is 8. The molecule has 7 aromatic rings. The monoisotopic (exact) mass is 678 g/mol. The molecule has 1 heterocycles. The maximum absolute atomic E-state index is 5.12. The molecule has 0 saturated carbocycles. The zero-order valence-electron chi connectivity index (χ0n) is 29.9. The predicted molar refractivity (Wildman–Crippen MR) is 221 cm³/mol. The maximum atomic E-state index is 5.12. The number of aromatic nitrogens is 2. The number of nitrogens with zero attached hydrogens (tertiary/aromatic N) is 2. The summed E-state index contributed by atoms with van der Waals surface area (Å²) in [7, 11) is 0. The van der Waals surface area contributed by atoms with E-state index in [-0.39, 0.29) is 5.41 Å². The lowest BCUT2D eigenvalue weighted by molar-refractivity contribution is 0.619. The van der Waals surface area contributed by atoms with Crippen molar-refractivity contribution in [3.8, 4) is 45.0 Å². The summed E-state index contributed by atoms with van der Waals surface area (Å²) in [6, 6.07) is 54.4. The third-order valence-corrected chi connectivity index (χ3v) is 11.4. The lowest BCUT2D eigenvalue weighted by atomic mass is 9.69. The van der Waals surface area contributed by atoms with E-state index in [1.807, 2.05) is 24.3 Å². The van der Waals surface area contributed by atoms with E-state index in [9.17, 15) is 0 Å². The lowest BCUT2D eigenvalue weighted by Gasteiger charge is -2.34. The van der Waals surface area contributed by atoms with Crippen LogP contribution in [0, 0.1) is 11.8 Å². The maximum Gasteiger partial charge on any atom is 0.160 e. The van der Waals surface area contributed by atoms with Crippen molar-refractivity contribution < 1.29 is 0 Å². The van der Waals surface area contributed by atoms with Crippen molar-refractivity contribution in [3.63, 3.8) is 0 Å². The van der Waals surface area contributed by atoms with Gasteiger partial charge in [0.1, 0.15) is 0 Å². The molecule has 6 aromatic carbocycles. The van der Waals surface area contributed by atoms with Gasteiger partial charge in [0.05, 0.1) is 11.4 Å². The van der Waals surface area contributed by atoms with Crippen LogP contribution in [0.4, 0.5) is 0 Å². The molecule has 2 heteroatoms. The molecule has 10 rings (SSSR count). The van der Waals surface area contributed by atoms with Crippen molar-refractivity contribution in [2.24, 2.45) is 11.8 Å². The molecule has 3 aliphatic carbocycles. The van der Waals surface area contributed by atoms with E-state index in [0.29, 0.717) is 11.8 Å². The Hall–Kier alpha value is -6.38. The smallest absolute Gasteiger partial charge is 0.160 e. The second-order valence-electron chi connectivity index (χ2n) is 15.0. The van der Waals surface area contributed by atoms with Crippen LogP contribution in [0.2, 0.25) is 0 Å². The molecule has 2 atom stereocenters. The van der Waals surface area contributed by atoms with Crippen LogP contribution in [0.5, 0.6) is 0 Å². The van der Waals surface area contributed by atoms with E-state index < -0.39 is 0 Å². The van der Waals surface area contributed by atoms with E-state index in [4.69, 9.17) is 9.97 Å². The topological polar surface area (TPSA) is 25.8 Å². The summed E-state index contributed by atoms with van der Waals surface area (Å²) in [5, 5.41) is 2.56. The van der Waals surface area contributed by atoms with Crippen LogP contribution < -0.4 is 0 Å². The fourth-order valence-electron chi connectivity index (χ4n) is 8.69. The highest BCUT2D eigenvalue weighted by Gasteiger charge is 2.44. The summed E-state index contributed by atoms with van der Waals surface area (Å²) in [5.74, 6) is 1.36. The SMILES string of the molecule is CC1(C)C2=CC3C=CC=CC3C(c3ccc4ccccc4c3)=C2c2ccc(-c3cccc(-c4cc(-c5ccccc5)nc(-c5ccccc5)n4)c3)cc21. The van der Waals surface area contributed by atoms with Crippen LogP contribution in [0.1, 0.15) is 30.5 Å². The molecule has 0 N–H and O–H groups in total. The first-order chi connectivity index (χ1) is 26.0. The molecule has 3 aliphatic rings. The number of benzene rings is 6. The van der Waals surface area contributed by atoms with Crippen molar-refractivity contribution in [1.82, 2.24) is 9.97 Å². The van der Waals surface area contributed by atoms with Crippen molar-refractivity contribution in [2.45, 2.75) is 19.3 Å². The van der Waals surface area contributed by atoms with Gasteiger partial charge in [-0.2, -0.15) is 0 Å². The Morgan fingerprint density at radius 3 is 1.94 bits per heavy atom. The van der Waals surface area contributed by atoms with Crippen LogP contribution >= 0.6 is 0 Å². The van der Waals surface area contributed by atoms with Crippen LogP contribution in [-0.4, -0.2) is 9.97 Å². The molecule has 0 spiro atoms. The van der Waals surface area contributed by atoms with Gasteiger partial charge in [-0.1, -0.05) is 172 Å². The molecule has 0 radical (unpaired) electrons. The minimum Gasteiger partial charge on any atom is -0.228 e. The number of fused-ring (bicyclic) bond motifs is 5. The quantitative estimate of drug-likeness (QED) is 0.181. The Balaban J connectivity index is 1.10. The lowest BCUT2D eigenvalue weighted by Crippen LogP contribution is -2.23. The first-order valence-corrected chi connectivity index (χ1v) is 18.6. The van der Waals surface area contributed by atoms with Gasteiger partial charge in [-0.15, -0.1) is 0 Å². The van der Waals surface area contributed by atoms with Crippen LogP contribution in [0.3, 0.4) is 0 Å². The van der Waals surface area contributed by atoms with Gasteiger partial charge in [0.15, 0.2) is 5.82 Å². The first-order valence-electron chi connectivity index (χ1n) is 18.6. The molecule has 2 unspecified atom stereocenters. The Labute approximate surface area is 311 Å². The summed E-state index contributed by atoms with van der Waals surface area (Å²) < 4.78 is 0. The summed E-state index contributed by atoms with van der Waals surface area (Å²) >= 11 is 0. The highest BCUT2D eigenvalue weighted by Crippen LogP contribution is 2.58. The van der Waals surface area contributed by atoms with E-state index in [0.717, 1.165) is 33.9 Å². The van der Waals surface area contributed by atoms with E-state index >= 15 is 0 Å². The van der Waals surface area contributed by atoms with Crippen molar-refractivity contribution in [1.29, 1.82) is 0 Å². The van der Waals surface area contributed by atoms with Crippen molar-refractivity contribution >= 4 is 21.9 Å². The molecule has 0 saturated heterocycles. The van der Waals surface area contributed by atoms with Gasteiger partial charge in [0.2, 0.25) is 0 Å². The molecule has 1 aromatic heterocycles. The van der Waals surface area contributed by atoms with Crippen LogP contribution in [0.15, 0.2) is 188 Å². The molecular formula is C51H38N2. The summed E-state index contributed by atoms with van der Waals surface area (Å²) in [4.78, 5) is 10.1. The van der Waals surface area contributed by atoms with Gasteiger partial charge in [-0.3, -0.25) is 0 Å². The third-order valence-electron chi connectivity index (χ3n) is 11.4. The standard InChI is InChI=1S/C51H38N2/c1-51(2)44-30-38(37-21-13-22-40(28-37)47-32-46(34-15-5-3-6-16-34)52-50(53-47)35-17-7-4-8-18-35)26-27-43(44)49-45(51)31-39-20-11-12-23-42(39)48(49)41-25-24-33-14-9-10-19-36(33)29-41/h3-32,39,42H,1-2H3. The third kappa shape index (κ3) is 5.33. The number of hydrogen-bond acceptors (Lipinski definition) is 2. The minimum atomic E-state index is -0.151. The first kappa shape index (κ1) is 31.4. The van der Waals surface area contributed by atoms with E-state index in [1.54, 1.807) is 0 Å². The molecule has 252 valence electrons. The highest BCUT2D eigenvalue weighted by atomic mass is 14.9. The molecule has 0 bridgehead atoms. The van der Waals surface area contributed by atoms with Gasteiger partial charge in [0, 0.05) is 33.9 Å². The summed E-state index contributed by atoms with van der Waals surface area (Å²) in [6.07, 6.45) is 11.8. The Morgan fingerprint density at radius 2 is 1.13 bits per heavy atom. The molecule has 0 aliphatic heterocycles. The normalized spacial score (nSPS) is 18.0.